The van der Waals surface area contributed by atoms with Crippen LogP contribution in [0.1, 0.15) is 12.8 Å². The number of hydrogen-bond donors (Lipinski definition) is 14. The summed E-state index contributed by atoms with van der Waals surface area (Å²) in [6.07, 6.45) is -17.7. The predicted molar refractivity (Wildman–Crippen MR) is 141 cm³/mol. The summed E-state index contributed by atoms with van der Waals surface area (Å²) < 4.78 is 17.3. The lowest BCUT2D eigenvalue weighted by atomic mass is 9.72. The van der Waals surface area contributed by atoms with Crippen molar-refractivity contribution in [3.8, 4) is 0 Å². The maximum absolute atomic E-state index is 12.5. The molecule has 16 atom stereocenters. The summed E-state index contributed by atoms with van der Waals surface area (Å²) >= 11 is 0. The van der Waals surface area contributed by atoms with E-state index in [0.717, 1.165) is 0 Å². The van der Waals surface area contributed by atoms with Crippen LogP contribution in [0.15, 0.2) is 0 Å². The minimum atomic E-state index is -1.70. The number of aliphatic hydroxyl groups excluding tert-OH is 9. The van der Waals surface area contributed by atoms with E-state index in [0.29, 0.717) is 13.0 Å². The van der Waals surface area contributed by atoms with Crippen molar-refractivity contribution in [2.45, 2.75) is 104 Å². The van der Waals surface area contributed by atoms with Crippen LogP contribution in [0.5, 0.6) is 0 Å². The fraction of sp³-hybridized carbons (Fsp3) is 0.958. The lowest BCUT2D eigenvalue weighted by Crippen LogP contribution is -2.71. The van der Waals surface area contributed by atoms with Crippen LogP contribution in [-0.4, -0.2) is 176 Å². The van der Waals surface area contributed by atoms with Crippen molar-refractivity contribution < 1.29 is 65.0 Å². The maximum Gasteiger partial charge on any atom is 0.250 e. The Labute approximate surface area is 242 Å². The standard InChI is InChI=1S/C24H47N5O13/c25-5-10(32)23(39)29-9-4-8(26)13(22-20(38)19(37)16(34)11(40-22)6-28-2-1-3-30)17(35)21(9)42-24-18(36)14(27)15(33)12(7-31)41-24/h8-22,24,28,30-38H,1-7,25-27H2,(H,29,39). The van der Waals surface area contributed by atoms with E-state index >= 15 is 0 Å². The molecule has 2 heterocycles. The number of rotatable bonds is 12. The van der Waals surface area contributed by atoms with Gasteiger partial charge in [-0.1, -0.05) is 0 Å². The Hall–Kier alpha value is -1.17. The normalized spacial score (nSPS) is 45.4. The molecule has 18 heteroatoms. The van der Waals surface area contributed by atoms with Gasteiger partial charge in [-0.2, -0.15) is 0 Å². The summed E-state index contributed by atoms with van der Waals surface area (Å²) in [5, 5.41) is 98.4. The highest BCUT2D eigenvalue weighted by Gasteiger charge is 2.55. The monoisotopic (exact) mass is 613 g/mol. The Balaban J connectivity index is 1.88. The van der Waals surface area contributed by atoms with Crippen molar-refractivity contribution in [2.24, 2.45) is 23.1 Å². The second-order valence-electron chi connectivity index (χ2n) is 11.1. The molecule has 3 aliphatic rings. The molecular weight excluding hydrogens is 566 g/mol. The Morgan fingerprint density at radius 1 is 0.929 bits per heavy atom. The molecule has 0 aromatic rings. The maximum atomic E-state index is 12.5. The smallest absolute Gasteiger partial charge is 0.250 e. The van der Waals surface area contributed by atoms with E-state index < -0.39 is 117 Å². The highest BCUT2D eigenvalue weighted by atomic mass is 16.7. The Morgan fingerprint density at radius 2 is 1.62 bits per heavy atom. The first-order valence-corrected chi connectivity index (χ1v) is 14.0. The van der Waals surface area contributed by atoms with Crippen LogP contribution < -0.4 is 27.8 Å². The van der Waals surface area contributed by atoms with E-state index in [-0.39, 0.29) is 19.6 Å². The number of nitrogens with two attached hydrogens (primary N) is 3. The van der Waals surface area contributed by atoms with E-state index in [1.54, 1.807) is 0 Å². The van der Waals surface area contributed by atoms with Gasteiger partial charge >= 0.3 is 0 Å². The zero-order valence-corrected chi connectivity index (χ0v) is 23.1. The third-order valence-corrected chi connectivity index (χ3v) is 8.22. The first kappa shape index (κ1) is 35.3. The fourth-order valence-electron chi connectivity index (χ4n) is 5.73. The van der Waals surface area contributed by atoms with Gasteiger partial charge in [0.2, 0.25) is 5.91 Å². The van der Waals surface area contributed by atoms with Gasteiger partial charge in [-0.05, 0) is 19.4 Å². The van der Waals surface area contributed by atoms with Crippen LogP contribution >= 0.6 is 0 Å². The highest BCUT2D eigenvalue weighted by molar-refractivity contribution is 5.81. The molecule has 0 bridgehead atoms. The fourth-order valence-corrected chi connectivity index (χ4v) is 5.73. The molecule has 0 spiro atoms. The van der Waals surface area contributed by atoms with Crippen molar-refractivity contribution in [1.29, 1.82) is 0 Å². The second kappa shape index (κ2) is 15.7. The molecule has 17 N–H and O–H groups in total. The van der Waals surface area contributed by atoms with E-state index in [4.69, 9.17) is 36.5 Å². The Bertz CT molecular complexity index is 849. The molecule has 42 heavy (non-hydrogen) atoms. The van der Waals surface area contributed by atoms with Crippen LogP contribution in [0.4, 0.5) is 0 Å². The van der Waals surface area contributed by atoms with E-state index in [2.05, 4.69) is 10.6 Å². The lowest BCUT2D eigenvalue weighted by Gasteiger charge is -2.52. The van der Waals surface area contributed by atoms with Crippen molar-refractivity contribution in [1.82, 2.24) is 10.6 Å². The average molecular weight is 614 g/mol. The van der Waals surface area contributed by atoms with E-state index in [9.17, 15) is 45.6 Å². The van der Waals surface area contributed by atoms with Crippen molar-refractivity contribution >= 4 is 5.91 Å². The molecule has 0 aromatic heterocycles. The topological polar surface area (TPSA) is 329 Å². The summed E-state index contributed by atoms with van der Waals surface area (Å²) in [6, 6.07) is -3.43. The molecule has 0 radical (unpaired) electrons. The molecular formula is C24H47N5O13. The summed E-state index contributed by atoms with van der Waals surface area (Å²) in [5.41, 5.74) is 17.7. The molecule has 18 nitrogen and oxygen atoms in total. The number of carbonyl (C=O) groups excluding carboxylic acids is 1. The van der Waals surface area contributed by atoms with Crippen molar-refractivity contribution in [3.05, 3.63) is 0 Å². The number of hydrogen-bond acceptors (Lipinski definition) is 17. The second-order valence-corrected chi connectivity index (χ2v) is 11.1. The van der Waals surface area contributed by atoms with Gasteiger partial charge in [0.1, 0.15) is 48.8 Å². The highest BCUT2D eigenvalue weighted by Crippen LogP contribution is 2.37. The average Bonchev–Trinajstić information content (AvgIpc) is 2.97. The van der Waals surface area contributed by atoms with Crippen LogP contribution in [0, 0.1) is 5.92 Å². The minimum absolute atomic E-state index is 0.0277. The largest absolute Gasteiger partial charge is 0.396 e. The molecule has 2 aliphatic heterocycles. The van der Waals surface area contributed by atoms with Crippen LogP contribution in [0.25, 0.3) is 0 Å². The van der Waals surface area contributed by atoms with Crippen LogP contribution in [0.2, 0.25) is 0 Å². The van der Waals surface area contributed by atoms with Gasteiger partial charge in [0.05, 0.1) is 37.0 Å². The molecule has 16 unspecified atom stereocenters. The summed E-state index contributed by atoms with van der Waals surface area (Å²) in [4.78, 5) is 12.5. The summed E-state index contributed by atoms with van der Waals surface area (Å²) in [6.45, 7) is -0.759. The third-order valence-electron chi connectivity index (χ3n) is 8.22. The first-order valence-electron chi connectivity index (χ1n) is 14.0. The van der Waals surface area contributed by atoms with Crippen molar-refractivity contribution in [2.75, 3.05) is 32.8 Å². The molecule has 3 fully saturated rings. The first-order chi connectivity index (χ1) is 19.9. The van der Waals surface area contributed by atoms with Gasteiger partial charge in [0, 0.05) is 31.7 Å². The molecule has 246 valence electrons. The molecule has 3 rings (SSSR count). The summed E-state index contributed by atoms with van der Waals surface area (Å²) in [5.74, 6) is -2.07. The molecule has 1 aliphatic carbocycles. The summed E-state index contributed by atoms with van der Waals surface area (Å²) in [7, 11) is 0. The molecule has 1 amide bonds. The van der Waals surface area contributed by atoms with Gasteiger partial charge in [0.15, 0.2) is 6.29 Å². The lowest BCUT2D eigenvalue weighted by molar-refractivity contribution is -0.310. The van der Waals surface area contributed by atoms with Crippen LogP contribution in [0.3, 0.4) is 0 Å². The quantitative estimate of drug-likeness (QED) is 0.0908. The van der Waals surface area contributed by atoms with Crippen molar-refractivity contribution in [3.63, 3.8) is 0 Å². The molecule has 2 saturated heterocycles. The number of aliphatic hydroxyl groups is 9. The third kappa shape index (κ3) is 7.72. The number of amides is 1. The van der Waals surface area contributed by atoms with E-state index in [1.165, 1.54) is 0 Å². The van der Waals surface area contributed by atoms with Gasteiger partial charge in [-0.15, -0.1) is 0 Å². The number of ether oxygens (including phenoxy) is 3. The van der Waals surface area contributed by atoms with Gasteiger partial charge in [-0.3, -0.25) is 4.79 Å². The molecule has 0 aromatic carbocycles. The number of carbonyl (C=O) groups is 1. The SMILES string of the molecule is NCC(O)C(=O)NC1CC(N)C(C2OC(CNCCCO)C(O)C(O)C2O)C(O)C1OC1OC(CO)C(O)C(N)C1O. The van der Waals surface area contributed by atoms with Gasteiger partial charge in [-0.25, -0.2) is 0 Å². The van der Waals surface area contributed by atoms with Crippen LogP contribution in [-0.2, 0) is 19.0 Å². The molecule has 1 saturated carbocycles. The zero-order valence-electron chi connectivity index (χ0n) is 23.1. The van der Waals surface area contributed by atoms with Gasteiger partial charge < -0.3 is 88.0 Å². The Kier molecular flexibility index (Phi) is 13.2. The number of nitrogens with one attached hydrogen (secondary N) is 2. The minimum Gasteiger partial charge on any atom is -0.396 e. The van der Waals surface area contributed by atoms with E-state index in [1.807, 2.05) is 0 Å². The van der Waals surface area contributed by atoms with Gasteiger partial charge in [0.25, 0.3) is 0 Å². The Morgan fingerprint density at radius 3 is 2.24 bits per heavy atom. The zero-order chi connectivity index (χ0) is 31.3. The predicted octanol–water partition coefficient (Wildman–Crippen LogP) is -8.53.